The van der Waals surface area contributed by atoms with E-state index in [1.807, 2.05) is 12.1 Å². The minimum atomic E-state index is -4.00. The largest absolute Gasteiger partial charge is 0.391 e. The normalized spacial score (nSPS) is 17.9. The second-order valence-electron chi connectivity index (χ2n) is 7.52. The van der Waals surface area contributed by atoms with E-state index in [4.69, 9.17) is 0 Å². The third-order valence-electron chi connectivity index (χ3n) is 5.31. The van der Waals surface area contributed by atoms with Crippen LogP contribution in [0, 0.1) is 12.7 Å². The lowest BCUT2D eigenvalue weighted by Crippen LogP contribution is -2.34. The second-order valence-corrected chi connectivity index (χ2v) is 9.23. The molecule has 1 aliphatic carbocycles. The molecule has 6 nitrogen and oxygen atoms in total. The number of anilines is 1. The minimum Gasteiger partial charge on any atom is -0.391 e. The molecule has 0 bridgehead atoms. The third-order valence-corrected chi connectivity index (χ3v) is 6.75. The number of benzene rings is 3. The van der Waals surface area contributed by atoms with E-state index in [1.165, 1.54) is 42.5 Å². The maximum Gasteiger partial charge on any atom is 0.255 e. The first-order chi connectivity index (χ1) is 14.7. The van der Waals surface area contributed by atoms with Gasteiger partial charge < -0.3 is 10.4 Å². The Kier molecular flexibility index (Phi) is 5.62. The van der Waals surface area contributed by atoms with Gasteiger partial charge in [-0.15, -0.1) is 0 Å². The lowest BCUT2D eigenvalue weighted by Gasteiger charge is -2.18. The quantitative estimate of drug-likeness (QED) is 0.567. The van der Waals surface area contributed by atoms with Crippen LogP contribution in [0.15, 0.2) is 71.6 Å². The highest BCUT2D eigenvalue weighted by Gasteiger charge is 2.34. The average molecular weight is 440 g/mol. The Balaban J connectivity index is 1.55. The summed E-state index contributed by atoms with van der Waals surface area (Å²) in [6.45, 7) is 1.58. The number of amides is 1. The van der Waals surface area contributed by atoms with Crippen LogP contribution < -0.4 is 10.0 Å². The van der Waals surface area contributed by atoms with Gasteiger partial charge in [0.05, 0.1) is 17.0 Å². The fraction of sp³-hybridized carbons (Fsp3) is 0.174. The smallest absolute Gasteiger partial charge is 0.255 e. The lowest BCUT2D eigenvalue weighted by atomic mass is 10.1. The number of hydrogen-bond acceptors (Lipinski definition) is 4. The highest BCUT2D eigenvalue weighted by molar-refractivity contribution is 7.89. The number of aliphatic hydroxyl groups is 1. The first-order valence-corrected chi connectivity index (χ1v) is 11.2. The summed E-state index contributed by atoms with van der Waals surface area (Å²) >= 11 is 0. The number of halogens is 1. The standard InChI is InChI=1S/C23H21FN2O4S/c1-14-11-17(9-10-20(14)24)25-23(28)16-6-4-7-18(12-16)31(29,30)26-22-19-8-3-2-5-15(19)13-21(22)27/h2-12,21-22,26-27H,13H2,1H3,(H,25,28)/t21-,22+/m1/s1. The molecule has 0 aliphatic heterocycles. The van der Waals surface area contributed by atoms with Gasteiger partial charge in [-0.05, 0) is 60.0 Å². The van der Waals surface area contributed by atoms with Crippen molar-refractivity contribution in [1.82, 2.24) is 4.72 Å². The number of sulfonamides is 1. The highest BCUT2D eigenvalue weighted by Crippen LogP contribution is 2.32. The van der Waals surface area contributed by atoms with Gasteiger partial charge in [-0.2, -0.15) is 0 Å². The van der Waals surface area contributed by atoms with Crippen molar-refractivity contribution >= 4 is 21.6 Å². The van der Waals surface area contributed by atoms with E-state index in [1.54, 1.807) is 19.1 Å². The zero-order chi connectivity index (χ0) is 22.2. The zero-order valence-electron chi connectivity index (χ0n) is 16.7. The highest BCUT2D eigenvalue weighted by atomic mass is 32.2. The molecule has 31 heavy (non-hydrogen) atoms. The molecule has 1 aliphatic rings. The van der Waals surface area contributed by atoms with Gasteiger partial charge in [-0.3, -0.25) is 4.79 Å². The van der Waals surface area contributed by atoms with Crippen LogP contribution in [0.1, 0.15) is 33.1 Å². The number of rotatable bonds is 5. The maximum absolute atomic E-state index is 13.4. The van der Waals surface area contributed by atoms with Crippen LogP contribution in [0.5, 0.6) is 0 Å². The number of hydrogen-bond donors (Lipinski definition) is 3. The molecule has 0 fully saturated rings. The molecule has 0 saturated heterocycles. The summed E-state index contributed by atoms with van der Waals surface area (Å²) in [5, 5.41) is 13.0. The summed E-state index contributed by atoms with van der Waals surface area (Å²) in [5.74, 6) is -0.901. The van der Waals surface area contributed by atoms with Gasteiger partial charge in [0, 0.05) is 17.7 Å². The maximum atomic E-state index is 13.4. The summed E-state index contributed by atoms with van der Waals surface area (Å²) in [6.07, 6.45) is -0.511. The predicted molar refractivity (Wildman–Crippen MR) is 115 cm³/mol. The van der Waals surface area contributed by atoms with Crippen molar-refractivity contribution in [3.8, 4) is 0 Å². The van der Waals surface area contributed by atoms with Crippen molar-refractivity contribution in [2.75, 3.05) is 5.32 Å². The summed E-state index contributed by atoms with van der Waals surface area (Å²) < 4.78 is 41.9. The number of fused-ring (bicyclic) bond motifs is 1. The first kappa shape index (κ1) is 21.2. The SMILES string of the molecule is Cc1cc(NC(=O)c2cccc(S(=O)(=O)N[C@H]3c4ccccc4C[C@H]3O)c2)ccc1F. The minimum absolute atomic E-state index is 0.0907. The Morgan fingerprint density at radius 1 is 1.06 bits per heavy atom. The Hall–Kier alpha value is -3.07. The van der Waals surface area contributed by atoms with Crippen LogP contribution in [0.3, 0.4) is 0 Å². The molecule has 4 rings (SSSR count). The van der Waals surface area contributed by atoms with E-state index >= 15 is 0 Å². The summed E-state index contributed by atoms with van der Waals surface area (Å²) in [5.41, 5.74) is 2.55. The molecule has 0 aromatic heterocycles. The van der Waals surface area contributed by atoms with Crippen LogP contribution in [0.4, 0.5) is 10.1 Å². The van der Waals surface area contributed by atoms with E-state index in [0.29, 0.717) is 17.7 Å². The number of nitrogens with one attached hydrogen (secondary N) is 2. The molecule has 0 unspecified atom stereocenters. The number of carbonyl (C=O) groups is 1. The second kappa shape index (κ2) is 8.22. The molecule has 3 N–H and O–H groups in total. The fourth-order valence-electron chi connectivity index (χ4n) is 3.68. The Morgan fingerprint density at radius 3 is 2.61 bits per heavy atom. The monoisotopic (exact) mass is 440 g/mol. The molecule has 160 valence electrons. The van der Waals surface area contributed by atoms with E-state index in [-0.39, 0.29) is 16.3 Å². The first-order valence-electron chi connectivity index (χ1n) is 9.70. The van der Waals surface area contributed by atoms with E-state index in [0.717, 1.165) is 11.1 Å². The van der Waals surface area contributed by atoms with Crippen LogP contribution in [0.2, 0.25) is 0 Å². The van der Waals surface area contributed by atoms with Crippen molar-refractivity contribution in [3.05, 3.63) is 94.8 Å². The van der Waals surface area contributed by atoms with E-state index in [2.05, 4.69) is 10.0 Å². The number of aryl methyl sites for hydroxylation is 1. The molecule has 0 spiro atoms. The number of carbonyl (C=O) groups excluding carboxylic acids is 1. The summed E-state index contributed by atoms with van der Waals surface area (Å²) in [6, 6.07) is 16.3. The van der Waals surface area contributed by atoms with Gasteiger partial charge in [0.2, 0.25) is 10.0 Å². The molecule has 3 aromatic rings. The van der Waals surface area contributed by atoms with Crippen LogP contribution in [-0.2, 0) is 16.4 Å². The Labute approximate surface area is 179 Å². The molecule has 0 saturated carbocycles. The van der Waals surface area contributed by atoms with Crippen molar-refractivity contribution < 1.29 is 22.7 Å². The van der Waals surface area contributed by atoms with Gasteiger partial charge in [-0.1, -0.05) is 30.3 Å². The van der Waals surface area contributed by atoms with E-state index in [9.17, 15) is 22.7 Å². The number of aliphatic hydroxyl groups excluding tert-OH is 1. The van der Waals surface area contributed by atoms with Crippen LogP contribution in [0.25, 0.3) is 0 Å². The molecular formula is C23H21FN2O4S. The topological polar surface area (TPSA) is 95.5 Å². The Morgan fingerprint density at radius 2 is 1.84 bits per heavy atom. The average Bonchev–Trinajstić information content (AvgIpc) is 3.05. The van der Waals surface area contributed by atoms with Crippen molar-refractivity contribution in [1.29, 1.82) is 0 Å². The fourth-order valence-corrected chi connectivity index (χ4v) is 4.98. The summed E-state index contributed by atoms with van der Waals surface area (Å²) in [7, 11) is -4.00. The van der Waals surface area contributed by atoms with Crippen molar-refractivity contribution in [2.24, 2.45) is 0 Å². The molecule has 8 heteroatoms. The molecular weight excluding hydrogens is 419 g/mol. The van der Waals surface area contributed by atoms with Gasteiger partial charge in [0.25, 0.3) is 5.91 Å². The van der Waals surface area contributed by atoms with Gasteiger partial charge in [-0.25, -0.2) is 17.5 Å². The summed E-state index contributed by atoms with van der Waals surface area (Å²) in [4.78, 5) is 12.5. The van der Waals surface area contributed by atoms with Gasteiger partial charge in [0.15, 0.2) is 0 Å². The zero-order valence-corrected chi connectivity index (χ0v) is 17.5. The van der Waals surface area contributed by atoms with E-state index < -0.39 is 28.1 Å². The molecule has 3 aromatic carbocycles. The lowest BCUT2D eigenvalue weighted by molar-refractivity contribution is 0.102. The van der Waals surface area contributed by atoms with Crippen molar-refractivity contribution in [3.63, 3.8) is 0 Å². The third kappa shape index (κ3) is 4.36. The van der Waals surface area contributed by atoms with Gasteiger partial charge >= 0.3 is 0 Å². The molecule has 0 heterocycles. The molecule has 0 radical (unpaired) electrons. The van der Waals surface area contributed by atoms with Crippen LogP contribution in [-0.4, -0.2) is 25.5 Å². The predicted octanol–water partition coefficient (Wildman–Crippen LogP) is 3.32. The van der Waals surface area contributed by atoms with Crippen LogP contribution >= 0.6 is 0 Å². The Bertz CT molecular complexity index is 1260. The molecule has 2 atom stereocenters. The van der Waals surface area contributed by atoms with Gasteiger partial charge in [0.1, 0.15) is 5.82 Å². The molecule has 1 amide bonds. The van der Waals surface area contributed by atoms with Crippen molar-refractivity contribution in [2.45, 2.75) is 30.4 Å².